The molecule has 2 aromatic rings. The minimum Gasteiger partial charge on any atom is -0.548 e. The highest BCUT2D eigenvalue weighted by molar-refractivity contribution is 5.82. The number of nitrogens with one attached hydrogen (secondary N) is 1. The Morgan fingerprint density at radius 2 is 2.11 bits per heavy atom. The summed E-state index contributed by atoms with van der Waals surface area (Å²) >= 11 is 0. The van der Waals surface area contributed by atoms with Gasteiger partial charge in [0.2, 0.25) is 5.91 Å². The van der Waals surface area contributed by atoms with Crippen LogP contribution in [0.15, 0.2) is 24.3 Å². The standard InChI is InChI=1S/C12H13N3O3/c1-13-11(16)6-10-14-8-4-2-3-5-9(8)15(10)7-12(17)18/h2-5H,6-7H2,1H3,(H,13,16)(H,17,18)/p-1. The van der Waals surface area contributed by atoms with Crippen LogP contribution < -0.4 is 10.4 Å². The van der Waals surface area contributed by atoms with E-state index in [0.717, 1.165) is 0 Å². The highest BCUT2D eigenvalue weighted by atomic mass is 16.4. The Kier molecular flexibility index (Phi) is 3.27. The second-order valence-electron chi connectivity index (χ2n) is 3.82. The fourth-order valence-electron chi connectivity index (χ4n) is 1.80. The van der Waals surface area contributed by atoms with Crippen molar-refractivity contribution in [3.05, 3.63) is 30.1 Å². The van der Waals surface area contributed by atoms with E-state index >= 15 is 0 Å². The molecule has 6 nitrogen and oxygen atoms in total. The second kappa shape index (κ2) is 4.87. The van der Waals surface area contributed by atoms with Crippen molar-refractivity contribution in [2.24, 2.45) is 0 Å². The average Bonchev–Trinajstić information content (AvgIpc) is 2.67. The van der Waals surface area contributed by atoms with Crippen LogP contribution in [-0.2, 0) is 22.6 Å². The lowest BCUT2D eigenvalue weighted by atomic mass is 10.3. The van der Waals surface area contributed by atoms with Crippen molar-refractivity contribution in [1.29, 1.82) is 0 Å². The van der Waals surface area contributed by atoms with Crippen LogP contribution in [0.25, 0.3) is 11.0 Å². The molecule has 0 aliphatic carbocycles. The molecular weight excluding hydrogens is 234 g/mol. The first-order valence-corrected chi connectivity index (χ1v) is 5.46. The fraction of sp³-hybridized carbons (Fsp3) is 0.250. The van der Waals surface area contributed by atoms with Gasteiger partial charge in [0.05, 0.1) is 30.0 Å². The third kappa shape index (κ3) is 2.32. The maximum atomic E-state index is 11.4. The summed E-state index contributed by atoms with van der Waals surface area (Å²) in [5.41, 5.74) is 1.35. The van der Waals surface area contributed by atoms with E-state index in [-0.39, 0.29) is 18.9 Å². The van der Waals surface area contributed by atoms with E-state index in [9.17, 15) is 14.7 Å². The van der Waals surface area contributed by atoms with Gasteiger partial charge in [0.15, 0.2) is 0 Å². The number of amides is 1. The molecule has 1 aromatic heterocycles. The van der Waals surface area contributed by atoms with E-state index in [4.69, 9.17) is 0 Å². The fourth-order valence-corrected chi connectivity index (χ4v) is 1.80. The zero-order valence-electron chi connectivity index (χ0n) is 9.84. The lowest BCUT2D eigenvalue weighted by Gasteiger charge is -2.09. The highest BCUT2D eigenvalue weighted by Crippen LogP contribution is 2.16. The number of nitrogens with zero attached hydrogens (tertiary/aromatic N) is 2. The number of carboxylic acids is 1. The lowest BCUT2D eigenvalue weighted by molar-refractivity contribution is -0.306. The molecule has 0 spiro atoms. The zero-order chi connectivity index (χ0) is 13.1. The Balaban J connectivity index is 2.49. The van der Waals surface area contributed by atoms with E-state index in [1.807, 2.05) is 6.07 Å². The summed E-state index contributed by atoms with van der Waals surface area (Å²) in [5.74, 6) is -1.01. The van der Waals surface area contributed by atoms with Crippen molar-refractivity contribution in [3.8, 4) is 0 Å². The molecule has 6 heteroatoms. The van der Waals surface area contributed by atoms with Gasteiger partial charge in [-0.1, -0.05) is 12.1 Å². The molecule has 0 unspecified atom stereocenters. The van der Waals surface area contributed by atoms with Gasteiger partial charge in [0.25, 0.3) is 0 Å². The molecule has 1 N–H and O–H groups in total. The lowest BCUT2D eigenvalue weighted by Crippen LogP contribution is -2.29. The predicted octanol–water partition coefficient (Wildman–Crippen LogP) is -0.925. The predicted molar refractivity (Wildman–Crippen MR) is 62.5 cm³/mol. The molecule has 0 atom stereocenters. The molecular formula is C12H12N3O3-. The molecule has 1 aromatic carbocycles. The van der Waals surface area contributed by atoms with Crippen molar-refractivity contribution in [1.82, 2.24) is 14.9 Å². The quantitative estimate of drug-likeness (QED) is 0.755. The number of rotatable bonds is 4. The molecule has 1 amide bonds. The number of carbonyl (C=O) groups excluding carboxylic acids is 2. The summed E-state index contributed by atoms with van der Waals surface area (Å²) in [5, 5.41) is 13.2. The average molecular weight is 246 g/mol. The Bertz CT molecular complexity index is 604. The molecule has 0 aliphatic rings. The number of carbonyl (C=O) groups is 2. The van der Waals surface area contributed by atoms with Crippen LogP contribution in [0.5, 0.6) is 0 Å². The molecule has 0 aliphatic heterocycles. The van der Waals surface area contributed by atoms with Gasteiger partial charge in [0, 0.05) is 7.05 Å². The summed E-state index contributed by atoms with van der Waals surface area (Å²) in [6, 6.07) is 7.13. The van der Waals surface area contributed by atoms with Crippen molar-refractivity contribution >= 4 is 22.9 Å². The third-order valence-corrected chi connectivity index (χ3v) is 2.62. The van der Waals surface area contributed by atoms with Crippen molar-refractivity contribution in [2.45, 2.75) is 13.0 Å². The Labute approximate surface area is 103 Å². The van der Waals surface area contributed by atoms with E-state index in [0.29, 0.717) is 16.9 Å². The van der Waals surface area contributed by atoms with Crippen LogP contribution in [0, 0.1) is 0 Å². The maximum Gasteiger partial charge on any atom is 0.227 e. The highest BCUT2D eigenvalue weighted by Gasteiger charge is 2.13. The number of carboxylic acid groups (broad SMARTS) is 1. The maximum absolute atomic E-state index is 11.4. The normalized spacial score (nSPS) is 10.5. The van der Waals surface area contributed by atoms with Crippen LogP contribution >= 0.6 is 0 Å². The first-order valence-electron chi connectivity index (χ1n) is 5.46. The molecule has 94 valence electrons. The smallest absolute Gasteiger partial charge is 0.227 e. The first-order chi connectivity index (χ1) is 8.61. The molecule has 2 rings (SSSR count). The van der Waals surface area contributed by atoms with E-state index < -0.39 is 5.97 Å². The topological polar surface area (TPSA) is 87.0 Å². The number of imidazole rings is 1. The van der Waals surface area contributed by atoms with Gasteiger partial charge in [-0.2, -0.15) is 0 Å². The number of aromatic nitrogens is 2. The van der Waals surface area contributed by atoms with Gasteiger partial charge in [-0.05, 0) is 12.1 Å². The number of hydrogen-bond donors (Lipinski definition) is 1. The number of hydrogen-bond acceptors (Lipinski definition) is 4. The zero-order valence-corrected chi connectivity index (χ0v) is 9.84. The second-order valence-corrected chi connectivity index (χ2v) is 3.82. The molecule has 18 heavy (non-hydrogen) atoms. The summed E-state index contributed by atoms with van der Waals surface area (Å²) in [6.45, 7) is -0.313. The van der Waals surface area contributed by atoms with Gasteiger partial charge in [0.1, 0.15) is 5.82 Å². The van der Waals surface area contributed by atoms with Crippen molar-refractivity contribution < 1.29 is 14.7 Å². The molecule has 1 heterocycles. The van der Waals surface area contributed by atoms with Crippen LogP contribution in [0.1, 0.15) is 5.82 Å². The number of likely N-dealkylation sites (N-methyl/N-ethyl adjacent to an activating group) is 1. The summed E-state index contributed by atoms with van der Waals surface area (Å²) < 4.78 is 1.49. The van der Waals surface area contributed by atoms with Crippen LogP contribution in [-0.4, -0.2) is 28.5 Å². The summed E-state index contributed by atoms with van der Waals surface area (Å²) in [6.07, 6.45) is 0.0401. The van der Waals surface area contributed by atoms with Crippen molar-refractivity contribution in [3.63, 3.8) is 0 Å². The largest absolute Gasteiger partial charge is 0.548 e. The van der Waals surface area contributed by atoms with Gasteiger partial charge >= 0.3 is 0 Å². The van der Waals surface area contributed by atoms with Gasteiger partial charge < -0.3 is 19.8 Å². The SMILES string of the molecule is CNC(=O)Cc1nc2ccccc2n1CC(=O)[O-]. The first kappa shape index (κ1) is 12.1. The number of para-hydroxylation sites is 2. The van der Waals surface area contributed by atoms with Gasteiger partial charge in [-0.25, -0.2) is 4.98 Å². The van der Waals surface area contributed by atoms with Crippen molar-refractivity contribution in [2.75, 3.05) is 7.05 Å². The summed E-state index contributed by atoms with van der Waals surface area (Å²) in [7, 11) is 1.52. The van der Waals surface area contributed by atoms with Crippen LogP contribution in [0.4, 0.5) is 0 Å². The number of fused-ring (bicyclic) bond motifs is 1. The number of benzene rings is 1. The Morgan fingerprint density at radius 3 is 2.78 bits per heavy atom. The van der Waals surface area contributed by atoms with Crippen LogP contribution in [0.2, 0.25) is 0 Å². The third-order valence-electron chi connectivity index (χ3n) is 2.62. The molecule has 0 radical (unpaired) electrons. The minimum atomic E-state index is -1.21. The minimum absolute atomic E-state index is 0.0401. The number of aliphatic carboxylic acids is 1. The molecule has 0 fully saturated rings. The van der Waals surface area contributed by atoms with Crippen LogP contribution in [0.3, 0.4) is 0 Å². The molecule has 0 bridgehead atoms. The summed E-state index contributed by atoms with van der Waals surface area (Å²) in [4.78, 5) is 26.4. The van der Waals surface area contributed by atoms with E-state index in [1.165, 1.54) is 11.6 Å². The van der Waals surface area contributed by atoms with Gasteiger partial charge in [-0.15, -0.1) is 0 Å². The monoisotopic (exact) mass is 246 g/mol. The van der Waals surface area contributed by atoms with E-state index in [2.05, 4.69) is 10.3 Å². The molecule has 0 saturated heterocycles. The van der Waals surface area contributed by atoms with E-state index in [1.54, 1.807) is 18.2 Å². The Hall–Kier alpha value is -2.37. The Morgan fingerprint density at radius 1 is 1.39 bits per heavy atom. The molecule has 0 saturated carbocycles. The van der Waals surface area contributed by atoms with Gasteiger partial charge in [-0.3, -0.25) is 4.79 Å².